The molecule has 0 aliphatic carbocycles. The molecule has 0 saturated heterocycles. The van der Waals surface area contributed by atoms with Crippen LogP contribution in [0.15, 0.2) is 12.1 Å². The average molecular weight is 237 g/mol. The van der Waals surface area contributed by atoms with E-state index in [0.717, 1.165) is 6.07 Å². The third-order valence-corrected chi connectivity index (χ3v) is 2.54. The van der Waals surface area contributed by atoms with Gasteiger partial charge in [0.05, 0.1) is 9.21 Å². The Balaban J connectivity index is 3.07. The van der Waals surface area contributed by atoms with Crippen LogP contribution in [0.2, 0.25) is 4.34 Å². The van der Waals surface area contributed by atoms with Crippen molar-refractivity contribution in [1.29, 1.82) is 0 Å². The lowest BCUT2D eigenvalue weighted by Gasteiger charge is -2.17. The van der Waals surface area contributed by atoms with Gasteiger partial charge in [0.1, 0.15) is 0 Å². The Morgan fingerprint density at radius 3 is 1.92 bits per heavy atom. The van der Waals surface area contributed by atoms with Gasteiger partial charge in [0.25, 0.3) is 0 Å². The largest absolute Gasteiger partial charge is 0.458 e. The van der Waals surface area contributed by atoms with Gasteiger partial charge in [-0.3, -0.25) is 0 Å². The second-order valence-corrected chi connectivity index (χ2v) is 3.89. The predicted octanol–water partition coefficient (Wildman–Crippen LogP) is 4.06. The van der Waals surface area contributed by atoms with Crippen LogP contribution in [0.1, 0.15) is 4.88 Å². The van der Waals surface area contributed by atoms with Gasteiger partial charge in [0, 0.05) is 0 Å². The molecular weight excluding hydrogens is 235 g/mol. The third-order valence-electron chi connectivity index (χ3n) is 1.24. The molecule has 13 heavy (non-hydrogen) atoms. The van der Waals surface area contributed by atoms with Crippen molar-refractivity contribution in [3.63, 3.8) is 0 Å². The van der Waals surface area contributed by atoms with Crippen molar-refractivity contribution in [2.45, 2.75) is 12.1 Å². The molecule has 0 aromatic carbocycles. The summed E-state index contributed by atoms with van der Waals surface area (Å²) in [5.41, 5.74) is 0. The molecule has 0 radical (unpaired) electrons. The molecule has 74 valence electrons. The smallest absolute Gasteiger partial charge is 0.190 e. The Bertz CT molecular complexity index is 302. The van der Waals surface area contributed by atoms with Gasteiger partial charge in [-0.15, -0.1) is 11.3 Å². The lowest BCUT2D eigenvalue weighted by molar-refractivity contribution is -0.287. The molecule has 0 spiro atoms. The maximum absolute atomic E-state index is 12.5. The Morgan fingerprint density at radius 2 is 1.62 bits per heavy atom. The molecule has 1 aromatic rings. The molecule has 1 aromatic heterocycles. The van der Waals surface area contributed by atoms with Crippen LogP contribution in [-0.4, -0.2) is 6.18 Å². The molecule has 7 heteroatoms. The summed E-state index contributed by atoms with van der Waals surface area (Å²) in [5, 5.41) is 0. The van der Waals surface area contributed by atoms with Gasteiger partial charge < -0.3 is 0 Å². The van der Waals surface area contributed by atoms with Crippen LogP contribution in [0.4, 0.5) is 22.0 Å². The summed E-state index contributed by atoms with van der Waals surface area (Å²) in [6.45, 7) is 0. The van der Waals surface area contributed by atoms with E-state index in [2.05, 4.69) is 0 Å². The zero-order valence-corrected chi connectivity index (χ0v) is 7.40. The van der Waals surface area contributed by atoms with Crippen molar-refractivity contribution in [3.05, 3.63) is 21.3 Å². The topological polar surface area (TPSA) is 0 Å². The number of rotatable bonds is 1. The quantitative estimate of drug-likeness (QED) is 0.645. The Labute approximate surface area is 78.9 Å². The fraction of sp³-hybridized carbons (Fsp3) is 0.333. The van der Waals surface area contributed by atoms with Crippen molar-refractivity contribution >= 4 is 22.9 Å². The third kappa shape index (κ3) is 1.94. The van der Waals surface area contributed by atoms with Crippen molar-refractivity contribution in [2.75, 3.05) is 0 Å². The van der Waals surface area contributed by atoms with Crippen LogP contribution >= 0.6 is 22.9 Å². The van der Waals surface area contributed by atoms with Crippen molar-refractivity contribution < 1.29 is 22.0 Å². The minimum atomic E-state index is -5.57. The summed E-state index contributed by atoms with van der Waals surface area (Å²) in [7, 11) is 0. The predicted molar refractivity (Wildman–Crippen MR) is 39.3 cm³/mol. The Hall–Kier alpha value is -0.360. The lowest BCUT2D eigenvalue weighted by atomic mass is 10.3. The fourth-order valence-electron chi connectivity index (χ4n) is 0.623. The second-order valence-electron chi connectivity index (χ2n) is 2.18. The van der Waals surface area contributed by atoms with Crippen LogP contribution in [0, 0.1) is 0 Å². The van der Waals surface area contributed by atoms with Crippen molar-refractivity contribution in [1.82, 2.24) is 0 Å². The van der Waals surface area contributed by atoms with Crippen LogP contribution in [0.25, 0.3) is 0 Å². The van der Waals surface area contributed by atoms with Crippen molar-refractivity contribution in [3.8, 4) is 0 Å². The van der Waals surface area contributed by atoms with Crippen LogP contribution in [0.3, 0.4) is 0 Å². The van der Waals surface area contributed by atoms with Gasteiger partial charge in [0.15, 0.2) is 0 Å². The molecule has 0 unspecified atom stereocenters. The minimum absolute atomic E-state index is 0.0982. The molecule has 0 saturated carbocycles. The van der Waals surface area contributed by atoms with E-state index in [9.17, 15) is 22.0 Å². The van der Waals surface area contributed by atoms with Gasteiger partial charge in [0.2, 0.25) is 0 Å². The highest BCUT2D eigenvalue weighted by Crippen LogP contribution is 2.46. The summed E-state index contributed by atoms with van der Waals surface area (Å²) in [6, 6.07) is 1.67. The molecule has 0 bridgehead atoms. The van der Waals surface area contributed by atoms with Gasteiger partial charge in [-0.05, 0) is 12.1 Å². The normalized spacial score (nSPS) is 13.4. The standard InChI is InChI=1S/C6H2ClF5S/c7-4-2-1-3(13-4)5(8,9)6(10,11)12/h1-2H. The highest BCUT2D eigenvalue weighted by Gasteiger charge is 2.59. The van der Waals surface area contributed by atoms with E-state index in [1.54, 1.807) is 0 Å². The van der Waals surface area contributed by atoms with E-state index in [-0.39, 0.29) is 15.7 Å². The molecular formula is C6H2ClF5S. The first-order valence-corrected chi connectivity index (χ1v) is 4.15. The molecule has 0 fully saturated rings. The molecule has 0 amide bonds. The molecule has 0 N–H and O–H groups in total. The molecule has 1 heterocycles. The number of hydrogen-bond acceptors (Lipinski definition) is 1. The first-order chi connectivity index (χ1) is 5.75. The summed E-state index contributed by atoms with van der Waals surface area (Å²) in [5.74, 6) is -4.81. The first kappa shape index (κ1) is 10.7. The van der Waals surface area contributed by atoms with Gasteiger partial charge in [-0.1, -0.05) is 11.6 Å². The Kier molecular flexibility index (Phi) is 2.55. The van der Waals surface area contributed by atoms with Gasteiger partial charge in [-0.2, -0.15) is 22.0 Å². The highest BCUT2D eigenvalue weighted by atomic mass is 35.5. The van der Waals surface area contributed by atoms with E-state index >= 15 is 0 Å². The molecule has 0 nitrogen and oxygen atoms in total. The molecule has 0 aliphatic rings. The van der Waals surface area contributed by atoms with Gasteiger partial charge >= 0.3 is 12.1 Å². The van der Waals surface area contributed by atoms with Crippen LogP contribution in [0.5, 0.6) is 0 Å². The number of alkyl halides is 5. The monoisotopic (exact) mass is 236 g/mol. The Morgan fingerprint density at radius 1 is 1.08 bits per heavy atom. The zero-order chi connectivity index (χ0) is 10.3. The second kappa shape index (κ2) is 3.09. The van der Waals surface area contributed by atoms with E-state index < -0.39 is 17.0 Å². The highest BCUT2D eigenvalue weighted by molar-refractivity contribution is 7.16. The van der Waals surface area contributed by atoms with E-state index in [4.69, 9.17) is 11.6 Å². The SMILES string of the molecule is FC(F)(F)C(F)(F)c1ccc(Cl)s1. The lowest BCUT2D eigenvalue weighted by Crippen LogP contribution is -2.32. The van der Waals surface area contributed by atoms with Crippen LogP contribution < -0.4 is 0 Å². The summed E-state index contributed by atoms with van der Waals surface area (Å²) >= 11 is 5.45. The first-order valence-electron chi connectivity index (χ1n) is 2.95. The number of halogens is 6. The molecule has 1 rings (SSSR count). The average Bonchev–Trinajstić information content (AvgIpc) is 2.33. The van der Waals surface area contributed by atoms with Crippen molar-refractivity contribution in [2.24, 2.45) is 0 Å². The van der Waals surface area contributed by atoms with E-state index in [0.29, 0.717) is 6.07 Å². The summed E-state index contributed by atoms with van der Waals surface area (Å²) in [6.07, 6.45) is -5.57. The summed E-state index contributed by atoms with van der Waals surface area (Å²) in [4.78, 5) is -1.09. The zero-order valence-electron chi connectivity index (χ0n) is 5.83. The molecule has 0 aliphatic heterocycles. The van der Waals surface area contributed by atoms with Gasteiger partial charge in [-0.25, -0.2) is 0 Å². The van der Waals surface area contributed by atoms with E-state index in [1.807, 2.05) is 0 Å². The maximum atomic E-state index is 12.5. The van der Waals surface area contributed by atoms with E-state index in [1.165, 1.54) is 0 Å². The fourth-order valence-corrected chi connectivity index (χ4v) is 1.66. The summed E-state index contributed by atoms with van der Waals surface area (Å²) < 4.78 is 60.1. The minimum Gasteiger partial charge on any atom is -0.190 e. The maximum Gasteiger partial charge on any atom is 0.458 e. The number of thiophene rings is 1. The number of hydrogen-bond donors (Lipinski definition) is 0. The molecule has 0 atom stereocenters. The van der Waals surface area contributed by atoms with Crippen LogP contribution in [-0.2, 0) is 5.92 Å².